The second-order valence-corrected chi connectivity index (χ2v) is 7.44. The molecule has 0 atom stereocenters. The molecule has 2 aromatic rings. The first kappa shape index (κ1) is 20.7. The zero-order valence-electron chi connectivity index (χ0n) is 16.0. The highest BCUT2D eigenvalue weighted by Gasteiger charge is 2.22. The lowest BCUT2D eigenvalue weighted by molar-refractivity contribution is -0.384. The third kappa shape index (κ3) is 6.25. The molecule has 7 nitrogen and oxygen atoms in total. The summed E-state index contributed by atoms with van der Waals surface area (Å²) in [6.45, 7) is 1.50. The minimum Gasteiger partial charge on any atom is -0.353 e. The Morgan fingerprint density at radius 1 is 1.10 bits per heavy atom. The van der Waals surface area contributed by atoms with E-state index in [2.05, 4.69) is 15.5 Å². The molecule has 1 saturated heterocycles. The normalized spacial score (nSPS) is 14.3. The number of carbonyl (C=O) groups excluding carboxylic acids is 1. The van der Waals surface area contributed by atoms with Crippen LogP contribution in [0.15, 0.2) is 54.6 Å². The standard InChI is InChI=1S/C21H24N4O3S/c26-20(11-6-16-4-2-1-3-5-16)22-18-12-14-24(15-13-18)21(29)23-17-7-9-19(10-8-17)25(27)28/h1-5,7-10,18H,6,11-15H2,(H,22,26)(H,23,29). The van der Waals surface area contributed by atoms with E-state index in [4.69, 9.17) is 12.2 Å². The van der Waals surface area contributed by atoms with Crippen molar-refractivity contribution in [2.75, 3.05) is 18.4 Å². The summed E-state index contributed by atoms with van der Waals surface area (Å²) in [5.74, 6) is 0.0823. The van der Waals surface area contributed by atoms with Crippen LogP contribution in [0.5, 0.6) is 0 Å². The van der Waals surface area contributed by atoms with Crippen LogP contribution in [0.1, 0.15) is 24.8 Å². The van der Waals surface area contributed by atoms with E-state index in [0.717, 1.165) is 38.0 Å². The number of anilines is 1. The van der Waals surface area contributed by atoms with Crippen LogP contribution >= 0.6 is 12.2 Å². The molecule has 1 aliphatic heterocycles. The maximum Gasteiger partial charge on any atom is 0.269 e. The molecule has 0 unspecified atom stereocenters. The summed E-state index contributed by atoms with van der Waals surface area (Å²) in [6, 6.07) is 16.3. The molecule has 152 valence electrons. The van der Waals surface area contributed by atoms with Crippen LogP contribution in [0.4, 0.5) is 11.4 Å². The fraction of sp³-hybridized carbons (Fsp3) is 0.333. The van der Waals surface area contributed by atoms with Gasteiger partial charge in [0.15, 0.2) is 5.11 Å². The Labute approximate surface area is 175 Å². The molecule has 29 heavy (non-hydrogen) atoms. The second kappa shape index (κ2) is 9.97. The van der Waals surface area contributed by atoms with Crippen LogP contribution in [0.25, 0.3) is 0 Å². The van der Waals surface area contributed by atoms with Crippen molar-refractivity contribution in [3.05, 3.63) is 70.3 Å². The predicted octanol–water partition coefficient (Wildman–Crippen LogP) is 3.51. The van der Waals surface area contributed by atoms with Crippen molar-refractivity contribution in [3.63, 3.8) is 0 Å². The van der Waals surface area contributed by atoms with E-state index in [-0.39, 0.29) is 17.6 Å². The van der Waals surface area contributed by atoms with Gasteiger partial charge < -0.3 is 15.5 Å². The fourth-order valence-electron chi connectivity index (χ4n) is 3.30. The number of nitro benzene ring substituents is 1. The van der Waals surface area contributed by atoms with Crippen LogP contribution < -0.4 is 10.6 Å². The summed E-state index contributed by atoms with van der Waals surface area (Å²) in [5, 5.41) is 17.6. The second-order valence-electron chi connectivity index (χ2n) is 7.05. The van der Waals surface area contributed by atoms with Crippen molar-refractivity contribution in [2.24, 2.45) is 0 Å². The van der Waals surface area contributed by atoms with Gasteiger partial charge in [-0.2, -0.15) is 0 Å². The Balaban J connectivity index is 1.39. The molecule has 2 aromatic carbocycles. The van der Waals surface area contributed by atoms with Crippen molar-refractivity contribution in [1.29, 1.82) is 0 Å². The third-order valence-corrected chi connectivity index (χ3v) is 5.32. The SMILES string of the molecule is O=C(CCc1ccccc1)NC1CCN(C(=S)Nc2ccc([N+](=O)[O-])cc2)CC1. The van der Waals surface area contributed by atoms with Gasteiger partial charge in [-0.05, 0) is 49.2 Å². The molecule has 0 radical (unpaired) electrons. The van der Waals surface area contributed by atoms with Gasteiger partial charge in [-0.1, -0.05) is 30.3 Å². The molecule has 0 aromatic heterocycles. The smallest absolute Gasteiger partial charge is 0.269 e. The lowest BCUT2D eigenvalue weighted by atomic mass is 10.0. The van der Waals surface area contributed by atoms with Crippen molar-refractivity contribution in [1.82, 2.24) is 10.2 Å². The van der Waals surface area contributed by atoms with Crippen LogP contribution in [0.2, 0.25) is 0 Å². The third-order valence-electron chi connectivity index (χ3n) is 4.96. The first-order valence-electron chi connectivity index (χ1n) is 9.65. The summed E-state index contributed by atoms with van der Waals surface area (Å²) in [5.41, 5.74) is 1.93. The zero-order valence-corrected chi connectivity index (χ0v) is 16.9. The topological polar surface area (TPSA) is 87.5 Å². The molecule has 8 heteroatoms. The molecular formula is C21H24N4O3S. The summed E-state index contributed by atoms with van der Waals surface area (Å²) >= 11 is 5.46. The van der Waals surface area contributed by atoms with E-state index in [1.54, 1.807) is 12.1 Å². The van der Waals surface area contributed by atoms with E-state index >= 15 is 0 Å². The number of hydrogen-bond acceptors (Lipinski definition) is 4. The molecule has 1 amide bonds. The lowest BCUT2D eigenvalue weighted by Crippen LogP contribution is -2.47. The number of piperidine rings is 1. The molecule has 0 aliphatic carbocycles. The largest absolute Gasteiger partial charge is 0.353 e. The number of nitrogens with zero attached hydrogens (tertiary/aromatic N) is 2. The molecule has 1 heterocycles. The maximum atomic E-state index is 12.2. The van der Waals surface area contributed by atoms with Crippen molar-refractivity contribution < 1.29 is 9.72 Å². The van der Waals surface area contributed by atoms with Crippen molar-refractivity contribution >= 4 is 34.6 Å². The van der Waals surface area contributed by atoms with Crippen molar-refractivity contribution in [3.8, 4) is 0 Å². The Hall–Kier alpha value is -3.00. The van der Waals surface area contributed by atoms with Gasteiger partial charge >= 0.3 is 0 Å². The minimum atomic E-state index is -0.430. The highest BCUT2D eigenvalue weighted by Crippen LogP contribution is 2.17. The minimum absolute atomic E-state index is 0.0466. The summed E-state index contributed by atoms with van der Waals surface area (Å²) in [6.07, 6.45) is 2.90. The number of likely N-dealkylation sites (tertiary alicyclic amines) is 1. The summed E-state index contributed by atoms with van der Waals surface area (Å²) in [7, 11) is 0. The maximum absolute atomic E-state index is 12.2. The van der Waals surface area contributed by atoms with Gasteiger partial charge in [-0.25, -0.2) is 0 Å². The molecule has 2 N–H and O–H groups in total. The Morgan fingerprint density at radius 2 is 1.76 bits per heavy atom. The molecule has 1 aliphatic rings. The number of hydrogen-bond donors (Lipinski definition) is 2. The quantitative estimate of drug-likeness (QED) is 0.429. The van der Waals surface area contributed by atoms with E-state index in [1.165, 1.54) is 17.7 Å². The molecule has 3 rings (SSSR count). The van der Waals surface area contributed by atoms with Gasteiger partial charge in [0.05, 0.1) is 4.92 Å². The first-order chi connectivity index (χ1) is 14.0. The number of nitrogens with one attached hydrogen (secondary N) is 2. The van der Waals surface area contributed by atoms with Gasteiger partial charge in [0, 0.05) is 43.4 Å². The highest BCUT2D eigenvalue weighted by molar-refractivity contribution is 7.80. The van der Waals surface area contributed by atoms with Crippen molar-refractivity contribution in [2.45, 2.75) is 31.7 Å². The summed E-state index contributed by atoms with van der Waals surface area (Å²) < 4.78 is 0. The van der Waals surface area contributed by atoms with E-state index in [0.29, 0.717) is 11.5 Å². The first-order valence-corrected chi connectivity index (χ1v) is 10.1. The average Bonchev–Trinajstić information content (AvgIpc) is 2.74. The fourth-order valence-corrected chi connectivity index (χ4v) is 3.60. The number of benzene rings is 2. The Bertz CT molecular complexity index is 850. The number of non-ortho nitro benzene ring substituents is 1. The molecule has 0 spiro atoms. The average molecular weight is 413 g/mol. The number of rotatable bonds is 6. The van der Waals surface area contributed by atoms with Crippen LogP contribution in [0.3, 0.4) is 0 Å². The van der Waals surface area contributed by atoms with Gasteiger partial charge in [0.25, 0.3) is 5.69 Å². The van der Waals surface area contributed by atoms with Gasteiger partial charge in [-0.3, -0.25) is 14.9 Å². The van der Waals surface area contributed by atoms with E-state index in [9.17, 15) is 14.9 Å². The lowest BCUT2D eigenvalue weighted by Gasteiger charge is -2.34. The van der Waals surface area contributed by atoms with Gasteiger partial charge in [-0.15, -0.1) is 0 Å². The number of thiocarbonyl (C=S) groups is 1. The van der Waals surface area contributed by atoms with Crippen LogP contribution in [-0.2, 0) is 11.2 Å². The monoisotopic (exact) mass is 412 g/mol. The predicted molar refractivity (Wildman–Crippen MR) is 117 cm³/mol. The van der Waals surface area contributed by atoms with E-state index in [1.807, 2.05) is 30.3 Å². The van der Waals surface area contributed by atoms with Gasteiger partial charge in [0.2, 0.25) is 5.91 Å². The number of nitro groups is 1. The Morgan fingerprint density at radius 3 is 2.38 bits per heavy atom. The molecule has 0 saturated carbocycles. The zero-order chi connectivity index (χ0) is 20.6. The summed E-state index contributed by atoms with van der Waals surface area (Å²) in [4.78, 5) is 24.6. The van der Waals surface area contributed by atoms with Crippen LogP contribution in [-0.4, -0.2) is 40.0 Å². The molecule has 0 bridgehead atoms. The highest BCUT2D eigenvalue weighted by atomic mass is 32.1. The van der Waals surface area contributed by atoms with Crippen LogP contribution in [0, 0.1) is 10.1 Å². The Kier molecular flexibility index (Phi) is 7.13. The number of amides is 1. The number of aryl methyl sites for hydroxylation is 1. The molecule has 1 fully saturated rings. The molecular weight excluding hydrogens is 388 g/mol. The van der Waals surface area contributed by atoms with E-state index < -0.39 is 4.92 Å². The van der Waals surface area contributed by atoms with Gasteiger partial charge in [0.1, 0.15) is 0 Å². The number of carbonyl (C=O) groups is 1.